The molecule has 4 aromatic rings. The third-order valence-corrected chi connectivity index (χ3v) is 8.64. The first-order valence-electron chi connectivity index (χ1n) is 13.6. The van der Waals surface area contributed by atoms with Crippen LogP contribution in [0.4, 0.5) is 0 Å². The summed E-state index contributed by atoms with van der Waals surface area (Å²) in [5.74, 6) is 0.960. The largest absolute Gasteiger partial charge is 0.490 e. The summed E-state index contributed by atoms with van der Waals surface area (Å²) in [6.07, 6.45) is 3.15. The summed E-state index contributed by atoms with van der Waals surface area (Å²) in [5, 5.41) is 1.05. The number of thiazole rings is 1. The van der Waals surface area contributed by atoms with Crippen molar-refractivity contribution in [2.45, 2.75) is 26.5 Å². The molecule has 0 aliphatic carbocycles. The summed E-state index contributed by atoms with van der Waals surface area (Å²) in [6, 6.07) is 15.3. The smallest absolute Gasteiger partial charge is 0.337 e. The van der Waals surface area contributed by atoms with E-state index in [1.165, 1.54) is 29.2 Å². The molecule has 1 aliphatic rings. The maximum atomic E-state index is 14.1. The molecule has 0 spiro atoms. The fraction of sp³-hybridized carbons (Fsp3) is 0.219. The number of hydrogen-bond donors (Lipinski definition) is 0. The topological polar surface area (TPSA) is 88.4 Å². The quantitative estimate of drug-likeness (QED) is 0.175. The Kier molecular flexibility index (Phi) is 10.2. The van der Waals surface area contributed by atoms with Crippen molar-refractivity contribution in [3.05, 3.63) is 117 Å². The maximum absolute atomic E-state index is 14.1. The van der Waals surface area contributed by atoms with Crippen LogP contribution in [-0.4, -0.2) is 30.9 Å². The molecule has 228 valence electrons. The van der Waals surface area contributed by atoms with E-state index in [0.717, 1.165) is 5.56 Å². The Labute approximate surface area is 275 Å². The minimum atomic E-state index is -0.819. The number of carbonyl (C=O) groups is 1. The minimum Gasteiger partial charge on any atom is -0.490 e. The summed E-state index contributed by atoms with van der Waals surface area (Å²) in [5.41, 5.74) is 1.94. The van der Waals surface area contributed by atoms with Crippen LogP contribution >= 0.6 is 50.5 Å². The van der Waals surface area contributed by atoms with Gasteiger partial charge in [0.05, 0.1) is 40.9 Å². The predicted octanol–water partition coefficient (Wildman–Crippen LogP) is 6.46. The fourth-order valence-corrected chi connectivity index (χ4v) is 6.87. The molecule has 1 aromatic heterocycles. The molecule has 0 saturated carbocycles. The predicted molar refractivity (Wildman–Crippen MR) is 175 cm³/mol. The maximum Gasteiger partial charge on any atom is 0.337 e. The lowest BCUT2D eigenvalue weighted by atomic mass is 9.97. The zero-order valence-electron chi connectivity index (χ0n) is 23.9. The number of benzene rings is 3. The summed E-state index contributed by atoms with van der Waals surface area (Å²) in [6.45, 7) is 4.85. The van der Waals surface area contributed by atoms with Crippen molar-refractivity contribution in [2.24, 2.45) is 4.99 Å². The third-order valence-electron chi connectivity index (χ3n) is 6.60. The number of halogens is 3. The van der Waals surface area contributed by atoms with Crippen LogP contribution in [0.15, 0.2) is 80.6 Å². The molecule has 0 N–H and O–H groups in total. The number of rotatable bonds is 10. The van der Waals surface area contributed by atoms with Crippen molar-refractivity contribution in [1.82, 2.24) is 4.57 Å². The lowest BCUT2D eigenvalue weighted by Gasteiger charge is -2.23. The molecule has 0 amide bonds. The SMILES string of the molecule is CCOc1ccc([C@@H]2C(C(=O)OC)=CN=c3s/c(=C/c4cc(Cl)cc(Br)c4OCc4cccc(Cl)c4)c(=O)n32)cc1OCC. The molecule has 3 aromatic carbocycles. The van der Waals surface area contributed by atoms with Crippen LogP contribution in [0.3, 0.4) is 0 Å². The number of hydrogen-bond acceptors (Lipinski definition) is 8. The molecule has 0 bridgehead atoms. The summed E-state index contributed by atoms with van der Waals surface area (Å²) in [7, 11) is 1.29. The van der Waals surface area contributed by atoms with E-state index in [9.17, 15) is 9.59 Å². The van der Waals surface area contributed by atoms with Gasteiger partial charge in [0.2, 0.25) is 0 Å². The molecule has 44 heavy (non-hydrogen) atoms. The molecular formula is C32H27BrCl2N2O6S. The molecule has 0 unspecified atom stereocenters. The van der Waals surface area contributed by atoms with Gasteiger partial charge in [-0.15, -0.1) is 0 Å². The zero-order chi connectivity index (χ0) is 31.4. The lowest BCUT2D eigenvalue weighted by Crippen LogP contribution is -2.39. The van der Waals surface area contributed by atoms with E-state index < -0.39 is 12.0 Å². The molecule has 2 heterocycles. The van der Waals surface area contributed by atoms with Crippen molar-refractivity contribution >= 4 is 62.5 Å². The summed E-state index contributed by atoms with van der Waals surface area (Å²) < 4.78 is 25.3. The number of ether oxygens (including phenoxy) is 4. The Bertz CT molecular complexity index is 1940. The van der Waals surface area contributed by atoms with E-state index in [0.29, 0.717) is 65.4 Å². The average molecular weight is 718 g/mol. The number of carbonyl (C=O) groups excluding carboxylic acids is 1. The van der Waals surface area contributed by atoms with Crippen LogP contribution in [-0.2, 0) is 16.1 Å². The van der Waals surface area contributed by atoms with Gasteiger partial charge < -0.3 is 18.9 Å². The normalized spacial score (nSPS) is 14.4. The minimum absolute atomic E-state index is 0.203. The highest BCUT2D eigenvalue weighted by Crippen LogP contribution is 2.36. The zero-order valence-corrected chi connectivity index (χ0v) is 27.8. The second-order valence-electron chi connectivity index (χ2n) is 9.47. The van der Waals surface area contributed by atoms with Gasteiger partial charge >= 0.3 is 5.97 Å². The van der Waals surface area contributed by atoms with Gasteiger partial charge in [-0.3, -0.25) is 9.36 Å². The summed E-state index contributed by atoms with van der Waals surface area (Å²) in [4.78, 5) is 31.9. The fourth-order valence-electron chi connectivity index (χ4n) is 4.75. The van der Waals surface area contributed by atoms with E-state index in [1.807, 2.05) is 32.0 Å². The number of fused-ring (bicyclic) bond motifs is 1. The van der Waals surface area contributed by atoms with Gasteiger partial charge in [0, 0.05) is 21.8 Å². The highest BCUT2D eigenvalue weighted by Gasteiger charge is 2.31. The molecule has 0 fully saturated rings. The first-order valence-corrected chi connectivity index (χ1v) is 16.0. The second-order valence-corrected chi connectivity index (χ2v) is 12.2. The number of aromatic nitrogens is 1. The van der Waals surface area contributed by atoms with Gasteiger partial charge in [0.25, 0.3) is 5.56 Å². The number of methoxy groups -OCH3 is 1. The number of esters is 1. The Hall–Kier alpha value is -3.57. The highest BCUT2D eigenvalue weighted by atomic mass is 79.9. The monoisotopic (exact) mass is 716 g/mol. The molecule has 0 radical (unpaired) electrons. The van der Waals surface area contributed by atoms with Crippen LogP contribution in [0.25, 0.3) is 6.08 Å². The van der Waals surface area contributed by atoms with Gasteiger partial charge in [-0.1, -0.05) is 52.7 Å². The van der Waals surface area contributed by atoms with Crippen molar-refractivity contribution in [2.75, 3.05) is 20.3 Å². The van der Waals surface area contributed by atoms with Crippen molar-refractivity contribution in [3.8, 4) is 17.2 Å². The molecule has 0 saturated heterocycles. The van der Waals surface area contributed by atoms with Gasteiger partial charge in [-0.2, -0.15) is 0 Å². The Morgan fingerprint density at radius 1 is 1.02 bits per heavy atom. The van der Waals surface area contributed by atoms with E-state index in [-0.39, 0.29) is 17.7 Å². The first kappa shape index (κ1) is 31.8. The van der Waals surface area contributed by atoms with Crippen molar-refractivity contribution in [1.29, 1.82) is 0 Å². The van der Waals surface area contributed by atoms with E-state index in [1.54, 1.807) is 42.5 Å². The van der Waals surface area contributed by atoms with Crippen LogP contribution in [0, 0.1) is 0 Å². The molecular weight excluding hydrogens is 691 g/mol. The molecule has 12 heteroatoms. The van der Waals surface area contributed by atoms with Crippen molar-refractivity contribution < 1.29 is 23.7 Å². The molecule has 1 aliphatic heterocycles. The highest BCUT2D eigenvalue weighted by molar-refractivity contribution is 9.10. The van der Waals surface area contributed by atoms with E-state index in [2.05, 4.69) is 20.9 Å². The molecule has 8 nitrogen and oxygen atoms in total. The van der Waals surface area contributed by atoms with E-state index in [4.69, 9.17) is 42.1 Å². The second kappa shape index (κ2) is 14.0. The van der Waals surface area contributed by atoms with Gasteiger partial charge in [-0.05, 0) is 83.4 Å². The Morgan fingerprint density at radius 2 is 1.80 bits per heavy atom. The standard InChI is InChI=1S/C32H27BrCl2N2O6S/c1-4-41-25-10-9-19(13-26(25)42-5-2)28-23(31(39)40-3)16-36-32-37(28)30(38)27(44-32)14-20-12-22(35)15-24(33)29(20)43-17-18-7-6-8-21(34)11-18/h6-16,28H,4-5,17H2,1-3H3/b27-14+/t28-/m1/s1. The van der Waals surface area contributed by atoms with Crippen LogP contribution in [0.2, 0.25) is 10.0 Å². The van der Waals surface area contributed by atoms with Gasteiger partial charge in [0.1, 0.15) is 12.4 Å². The van der Waals surface area contributed by atoms with Crippen LogP contribution in [0.5, 0.6) is 17.2 Å². The molecule has 1 atom stereocenters. The van der Waals surface area contributed by atoms with E-state index >= 15 is 0 Å². The van der Waals surface area contributed by atoms with Crippen LogP contribution in [0.1, 0.15) is 36.6 Å². The third kappa shape index (κ3) is 6.73. The Morgan fingerprint density at radius 3 is 2.52 bits per heavy atom. The Balaban J connectivity index is 1.63. The van der Waals surface area contributed by atoms with Gasteiger partial charge in [0.15, 0.2) is 16.3 Å². The summed E-state index contributed by atoms with van der Waals surface area (Å²) >= 11 is 17.3. The first-order chi connectivity index (χ1) is 21.2. The van der Waals surface area contributed by atoms with Crippen LogP contribution < -0.4 is 29.1 Å². The van der Waals surface area contributed by atoms with Gasteiger partial charge in [-0.25, -0.2) is 9.79 Å². The average Bonchev–Trinajstić information content (AvgIpc) is 3.31. The van der Waals surface area contributed by atoms with Crippen molar-refractivity contribution in [3.63, 3.8) is 0 Å². The molecule has 5 rings (SSSR count). The number of nitrogens with zero attached hydrogens (tertiary/aromatic N) is 2. The lowest BCUT2D eigenvalue weighted by molar-refractivity contribution is -0.136.